The van der Waals surface area contributed by atoms with Gasteiger partial charge in [-0.05, 0) is 30.7 Å². The van der Waals surface area contributed by atoms with Crippen LogP contribution in [0.4, 0.5) is 5.69 Å². The third-order valence-corrected chi connectivity index (χ3v) is 4.04. The molecule has 1 aromatic carbocycles. The van der Waals surface area contributed by atoms with Gasteiger partial charge in [0, 0.05) is 29.8 Å². The molecule has 0 aliphatic carbocycles. The minimum atomic E-state index is 0.286. The van der Waals surface area contributed by atoms with Crippen LogP contribution >= 0.6 is 15.9 Å². The molecule has 4 heteroatoms. The highest BCUT2D eigenvalue weighted by atomic mass is 79.9. The molecular weight excluding hydrogens is 278 g/mol. The van der Waals surface area contributed by atoms with Crippen molar-refractivity contribution in [3.8, 4) is 6.07 Å². The van der Waals surface area contributed by atoms with Gasteiger partial charge in [-0.25, -0.2) is 0 Å². The van der Waals surface area contributed by atoms with Crippen LogP contribution in [0.1, 0.15) is 12.0 Å². The topological polar surface area (TPSA) is 39.1 Å². The van der Waals surface area contributed by atoms with Crippen LogP contribution in [-0.2, 0) is 0 Å². The number of halogens is 1. The lowest BCUT2D eigenvalue weighted by atomic mass is 10.1. The van der Waals surface area contributed by atoms with Crippen LogP contribution < -0.4 is 10.2 Å². The summed E-state index contributed by atoms with van der Waals surface area (Å²) in [6.45, 7) is 4.93. The van der Waals surface area contributed by atoms with Gasteiger partial charge in [0.05, 0.1) is 18.5 Å². The summed E-state index contributed by atoms with van der Waals surface area (Å²) in [4.78, 5) is 2.33. The zero-order valence-electron chi connectivity index (χ0n) is 9.91. The first-order chi connectivity index (χ1) is 8.22. The Hall–Kier alpha value is -1.05. The molecule has 3 nitrogen and oxygen atoms in total. The predicted octanol–water partition coefficient (Wildman–Crippen LogP) is 2.45. The maximum absolute atomic E-state index is 8.87. The normalized spacial score (nSPS) is 20.1. The number of nitrogens with zero attached hydrogens (tertiary/aromatic N) is 2. The summed E-state index contributed by atoms with van der Waals surface area (Å²) in [7, 11) is 0. The van der Waals surface area contributed by atoms with E-state index in [-0.39, 0.29) is 6.04 Å². The second kappa shape index (κ2) is 5.52. The lowest BCUT2D eigenvalue weighted by Gasteiger charge is -2.37. The van der Waals surface area contributed by atoms with Gasteiger partial charge >= 0.3 is 0 Å². The second-order valence-corrected chi connectivity index (χ2v) is 5.20. The molecule has 0 saturated carbocycles. The third kappa shape index (κ3) is 2.80. The smallest absolute Gasteiger partial charge is 0.0643 e. The Labute approximate surface area is 111 Å². The molecule has 0 spiro atoms. The van der Waals surface area contributed by atoms with E-state index in [1.54, 1.807) is 0 Å². The molecule has 1 N–H and O–H groups in total. The van der Waals surface area contributed by atoms with E-state index >= 15 is 0 Å². The van der Waals surface area contributed by atoms with E-state index in [9.17, 15) is 0 Å². The first kappa shape index (κ1) is 12.4. The fraction of sp³-hybridized carbons (Fsp3) is 0.462. The molecule has 1 saturated heterocycles. The largest absolute Gasteiger partial charge is 0.365 e. The van der Waals surface area contributed by atoms with Gasteiger partial charge in [0.15, 0.2) is 0 Å². The molecule has 90 valence electrons. The number of rotatable bonds is 2. The second-order valence-electron chi connectivity index (χ2n) is 4.35. The molecular formula is C13H16BrN3. The Kier molecular flexibility index (Phi) is 4.03. The molecule has 1 unspecified atom stereocenters. The van der Waals surface area contributed by atoms with E-state index in [0.29, 0.717) is 6.42 Å². The van der Waals surface area contributed by atoms with Crippen molar-refractivity contribution < 1.29 is 0 Å². The quantitative estimate of drug-likeness (QED) is 0.910. The van der Waals surface area contributed by atoms with Crippen molar-refractivity contribution >= 4 is 21.6 Å². The maximum atomic E-state index is 8.87. The van der Waals surface area contributed by atoms with Crippen LogP contribution in [0, 0.1) is 18.3 Å². The monoisotopic (exact) mass is 293 g/mol. The van der Waals surface area contributed by atoms with Crippen LogP contribution in [0.3, 0.4) is 0 Å². The molecule has 0 bridgehead atoms. The van der Waals surface area contributed by atoms with Crippen LogP contribution in [0.2, 0.25) is 0 Å². The minimum Gasteiger partial charge on any atom is -0.365 e. The third-order valence-electron chi connectivity index (χ3n) is 3.15. The average Bonchev–Trinajstić information content (AvgIpc) is 2.34. The molecule has 2 rings (SSSR count). The fourth-order valence-corrected chi connectivity index (χ4v) is 2.44. The maximum Gasteiger partial charge on any atom is 0.0643 e. The fourth-order valence-electron chi connectivity index (χ4n) is 2.20. The first-order valence-corrected chi connectivity index (χ1v) is 6.62. The van der Waals surface area contributed by atoms with E-state index < -0.39 is 0 Å². The summed E-state index contributed by atoms with van der Waals surface area (Å²) in [5.41, 5.74) is 2.45. The van der Waals surface area contributed by atoms with Crippen molar-refractivity contribution in [3.63, 3.8) is 0 Å². The van der Waals surface area contributed by atoms with Gasteiger partial charge in [-0.15, -0.1) is 0 Å². The van der Waals surface area contributed by atoms with Gasteiger partial charge in [-0.1, -0.05) is 15.9 Å². The summed E-state index contributed by atoms with van der Waals surface area (Å²) in [6, 6.07) is 8.94. The number of benzene rings is 1. The van der Waals surface area contributed by atoms with Gasteiger partial charge in [0.2, 0.25) is 0 Å². The van der Waals surface area contributed by atoms with Gasteiger partial charge in [-0.2, -0.15) is 5.26 Å². The molecule has 1 aromatic rings. The molecule has 0 amide bonds. The summed E-state index contributed by atoms with van der Waals surface area (Å²) < 4.78 is 1.13. The van der Waals surface area contributed by atoms with Crippen molar-refractivity contribution in [2.45, 2.75) is 19.4 Å². The van der Waals surface area contributed by atoms with Gasteiger partial charge in [-0.3, -0.25) is 0 Å². The molecule has 1 fully saturated rings. The van der Waals surface area contributed by atoms with E-state index in [0.717, 1.165) is 24.1 Å². The van der Waals surface area contributed by atoms with Crippen molar-refractivity contribution in [2.75, 3.05) is 24.5 Å². The first-order valence-electron chi connectivity index (χ1n) is 5.83. The predicted molar refractivity (Wildman–Crippen MR) is 73.1 cm³/mol. The molecule has 0 aromatic heterocycles. The number of hydrogen-bond acceptors (Lipinski definition) is 3. The highest BCUT2D eigenvalue weighted by Crippen LogP contribution is 2.25. The molecule has 17 heavy (non-hydrogen) atoms. The Balaban J connectivity index is 2.23. The van der Waals surface area contributed by atoms with Crippen LogP contribution in [0.15, 0.2) is 22.7 Å². The number of nitriles is 1. The van der Waals surface area contributed by atoms with Crippen molar-refractivity contribution in [3.05, 3.63) is 28.2 Å². The Morgan fingerprint density at radius 2 is 2.41 bits per heavy atom. The summed E-state index contributed by atoms with van der Waals surface area (Å²) in [5.74, 6) is 0. The minimum absolute atomic E-state index is 0.286. The standard InChI is InChI=1S/C13H16BrN3/c1-10-8-11(2-3-13(10)14)17-7-6-16-9-12(17)4-5-15/h2-3,8,12,16H,4,6-7,9H2,1H3. The van der Waals surface area contributed by atoms with Gasteiger partial charge in [0.1, 0.15) is 0 Å². The SMILES string of the molecule is Cc1cc(N2CCNCC2CC#N)ccc1Br. The molecule has 1 aliphatic rings. The molecule has 1 atom stereocenters. The van der Waals surface area contributed by atoms with Gasteiger partial charge < -0.3 is 10.2 Å². The van der Waals surface area contributed by atoms with E-state index in [1.165, 1.54) is 11.3 Å². The lowest BCUT2D eigenvalue weighted by molar-refractivity contribution is 0.481. The van der Waals surface area contributed by atoms with E-state index in [1.807, 2.05) is 0 Å². The van der Waals surface area contributed by atoms with Crippen molar-refractivity contribution in [2.24, 2.45) is 0 Å². The average molecular weight is 294 g/mol. The Morgan fingerprint density at radius 1 is 1.59 bits per heavy atom. The number of nitrogens with one attached hydrogen (secondary N) is 1. The van der Waals surface area contributed by atoms with Crippen molar-refractivity contribution in [1.82, 2.24) is 5.32 Å². The zero-order chi connectivity index (χ0) is 12.3. The Morgan fingerprint density at radius 3 is 3.12 bits per heavy atom. The Bertz CT molecular complexity index is 439. The van der Waals surface area contributed by atoms with E-state index in [4.69, 9.17) is 5.26 Å². The van der Waals surface area contributed by atoms with Gasteiger partial charge in [0.25, 0.3) is 0 Å². The number of anilines is 1. The highest BCUT2D eigenvalue weighted by Gasteiger charge is 2.22. The summed E-state index contributed by atoms with van der Waals surface area (Å²) in [6.07, 6.45) is 0.572. The number of hydrogen-bond donors (Lipinski definition) is 1. The number of piperazine rings is 1. The van der Waals surface area contributed by atoms with Crippen LogP contribution in [-0.4, -0.2) is 25.7 Å². The van der Waals surface area contributed by atoms with Crippen molar-refractivity contribution in [1.29, 1.82) is 5.26 Å². The van der Waals surface area contributed by atoms with E-state index in [2.05, 4.69) is 57.3 Å². The van der Waals surface area contributed by atoms with Crippen LogP contribution in [0.25, 0.3) is 0 Å². The highest BCUT2D eigenvalue weighted by molar-refractivity contribution is 9.10. The number of aryl methyl sites for hydroxylation is 1. The lowest BCUT2D eigenvalue weighted by Crippen LogP contribution is -2.51. The molecule has 1 heterocycles. The zero-order valence-corrected chi connectivity index (χ0v) is 11.5. The molecule has 0 radical (unpaired) electrons. The summed E-state index contributed by atoms with van der Waals surface area (Å²) >= 11 is 3.52. The molecule has 1 aliphatic heterocycles. The summed E-state index contributed by atoms with van der Waals surface area (Å²) in [5, 5.41) is 12.2. The van der Waals surface area contributed by atoms with Crippen LogP contribution in [0.5, 0.6) is 0 Å².